The van der Waals surface area contributed by atoms with E-state index in [9.17, 15) is 0 Å². The molecule has 3 heterocycles. The fourth-order valence-electron chi connectivity index (χ4n) is 3.82. The molecule has 3 fully saturated rings. The zero-order valence-corrected chi connectivity index (χ0v) is 14.8. The minimum absolute atomic E-state index is 0.0809. The predicted molar refractivity (Wildman–Crippen MR) is 91.9 cm³/mol. The smallest absolute Gasteiger partial charge is 0.146 e. The highest BCUT2D eigenvalue weighted by atomic mass is 16.5. The quantitative estimate of drug-likeness (QED) is 0.832. The SMILES string of the molecule is Cn1c(CN[C@H]2CCO[C@@H]2c2ccnn2CC2CC2)nnc1C1CC1. The minimum Gasteiger partial charge on any atom is -0.370 e. The van der Waals surface area contributed by atoms with Crippen molar-refractivity contribution in [2.75, 3.05) is 6.61 Å². The Labute approximate surface area is 147 Å². The number of nitrogens with one attached hydrogen (secondary N) is 1. The van der Waals surface area contributed by atoms with E-state index >= 15 is 0 Å². The first-order valence-corrected chi connectivity index (χ1v) is 9.54. The van der Waals surface area contributed by atoms with Crippen LogP contribution in [0.1, 0.15) is 61.5 Å². The largest absolute Gasteiger partial charge is 0.370 e. The average Bonchev–Trinajstić information content (AvgIpc) is 3.48. The van der Waals surface area contributed by atoms with Gasteiger partial charge in [0.15, 0.2) is 0 Å². The summed E-state index contributed by atoms with van der Waals surface area (Å²) >= 11 is 0. The van der Waals surface area contributed by atoms with Crippen LogP contribution in [-0.4, -0.2) is 37.2 Å². The van der Waals surface area contributed by atoms with Gasteiger partial charge >= 0.3 is 0 Å². The van der Waals surface area contributed by atoms with Crippen LogP contribution in [0.3, 0.4) is 0 Å². The molecule has 0 amide bonds. The summed E-state index contributed by atoms with van der Waals surface area (Å²) in [4.78, 5) is 0. The van der Waals surface area contributed by atoms with Crippen LogP contribution < -0.4 is 5.32 Å². The van der Waals surface area contributed by atoms with Crippen LogP contribution in [0.4, 0.5) is 0 Å². The van der Waals surface area contributed by atoms with Crippen molar-refractivity contribution in [3.05, 3.63) is 29.6 Å². The lowest BCUT2D eigenvalue weighted by Gasteiger charge is -2.21. The Kier molecular flexibility index (Phi) is 3.86. The van der Waals surface area contributed by atoms with E-state index in [4.69, 9.17) is 4.74 Å². The summed E-state index contributed by atoms with van der Waals surface area (Å²) in [5, 5.41) is 16.9. The molecule has 7 nitrogen and oxygen atoms in total. The average molecular weight is 342 g/mol. The third-order valence-electron chi connectivity index (χ3n) is 5.72. The summed E-state index contributed by atoms with van der Waals surface area (Å²) in [5.41, 5.74) is 1.21. The van der Waals surface area contributed by atoms with E-state index in [0.717, 1.165) is 43.7 Å². The number of nitrogens with zero attached hydrogens (tertiary/aromatic N) is 5. The zero-order chi connectivity index (χ0) is 16.8. The Morgan fingerprint density at radius 2 is 2.08 bits per heavy atom. The maximum Gasteiger partial charge on any atom is 0.146 e. The maximum atomic E-state index is 6.06. The molecule has 7 heteroatoms. The molecular formula is C18H26N6O. The molecule has 1 aliphatic heterocycles. The lowest BCUT2D eigenvalue weighted by molar-refractivity contribution is 0.0904. The van der Waals surface area contributed by atoms with Gasteiger partial charge in [-0.15, -0.1) is 10.2 Å². The fourth-order valence-corrected chi connectivity index (χ4v) is 3.82. The molecule has 25 heavy (non-hydrogen) atoms. The lowest BCUT2D eigenvalue weighted by atomic mass is 10.1. The molecule has 2 atom stereocenters. The van der Waals surface area contributed by atoms with Crippen LogP contribution in [0.5, 0.6) is 0 Å². The van der Waals surface area contributed by atoms with Crippen LogP contribution in [-0.2, 0) is 24.9 Å². The van der Waals surface area contributed by atoms with Gasteiger partial charge in [-0.2, -0.15) is 5.10 Å². The molecule has 0 spiro atoms. The second kappa shape index (κ2) is 6.21. The van der Waals surface area contributed by atoms with Crippen molar-refractivity contribution in [1.82, 2.24) is 29.9 Å². The molecule has 5 rings (SSSR count). The second-order valence-electron chi connectivity index (χ2n) is 7.76. The van der Waals surface area contributed by atoms with Gasteiger partial charge in [0, 0.05) is 38.4 Å². The highest BCUT2D eigenvalue weighted by molar-refractivity contribution is 5.11. The molecule has 3 aliphatic rings. The third-order valence-corrected chi connectivity index (χ3v) is 5.72. The molecule has 134 valence electrons. The Hall–Kier alpha value is -1.73. The van der Waals surface area contributed by atoms with E-state index in [1.165, 1.54) is 31.4 Å². The van der Waals surface area contributed by atoms with Gasteiger partial charge < -0.3 is 14.6 Å². The molecule has 1 saturated heterocycles. The Morgan fingerprint density at radius 1 is 1.20 bits per heavy atom. The fraction of sp³-hybridized carbons (Fsp3) is 0.722. The highest BCUT2D eigenvalue weighted by Crippen LogP contribution is 2.39. The molecule has 0 bridgehead atoms. The molecular weight excluding hydrogens is 316 g/mol. The van der Waals surface area contributed by atoms with Gasteiger partial charge in [-0.3, -0.25) is 4.68 Å². The molecule has 0 radical (unpaired) electrons. The van der Waals surface area contributed by atoms with Crippen LogP contribution in [0, 0.1) is 5.92 Å². The van der Waals surface area contributed by atoms with Crippen LogP contribution in [0.2, 0.25) is 0 Å². The van der Waals surface area contributed by atoms with Crippen molar-refractivity contribution in [2.45, 2.75) is 63.3 Å². The van der Waals surface area contributed by atoms with Gasteiger partial charge in [-0.05, 0) is 44.1 Å². The second-order valence-corrected chi connectivity index (χ2v) is 7.76. The topological polar surface area (TPSA) is 69.8 Å². The van der Waals surface area contributed by atoms with E-state index in [-0.39, 0.29) is 6.10 Å². The van der Waals surface area contributed by atoms with Gasteiger partial charge in [-0.1, -0.05) is 0 Å². The van der Waals surface area contributed by atoms with E-state index in [1.807, 2.05) is 6.20 Å². The van der Waals surface area contributed by atoms with Crippen molar-refractivity contribution in [3.8, 4) is 0 Å². The van der Waals surface area contributed by atoms with E-state index in [1.54, 1.807) is 0 Å². The van der Waals surface area contributed by atoms with Crippen molar-refractivity contribution in [2.24, 2.45) is 13.0 Å². The lowest BCUT2D eigenvalue weighted by Crippen LogP contribution is -2.33. The van der Waals surface area contributed by atoms with E-state index in [0.29, 0.717) is 12.0 Å². The monoisotopic (exact) mass is 342 g/mol. The van der Waals surface area contributed by atoms with Gasteiger partial charge in [0.25, 0.3) is 0 Å². The molecule has 2 aliphatic carbocycles. The highest BCUT2D eigenvalue weighted by Gasteiger charge is 2.34. The van der Waals surface area contributed by atoms with Crippen molar-refractivity contribution in [3.63, 3.8) is 0 Å². The van der Waals surface area contributed by atoms with Gasteiger partial charge in [0.05, 0.1) is 12.2 Å². The zero-order valence-electron chi connectivity index (χ0n) is 14.8. The number of rotatable bonds is 7. The van der Waals surface area contributed by atoms with Gasteiger partial charge in [0.2, 0.25) is 0 Å². The Balaban J connectivity index is 1.26. The Bertz CT molecular complexity index is 745. The number of ether oxygens (including phenoxy) is 1. The minimum atomic E-state index is 0.0809. The summed E-state index contributed by atoms with van der Waals surface area (Å²) in [6.45, 7) is 2.56. The van der Waals surface area contributed by atoms with Crippen LogP contribution in [0.15, 0.2) is 12.3 Å². The first kappa shape index (κ1) is 15.5. The molecule has 2 aromatic rings. The molecule has 0 aromatic carbocycles. The van der Waals surface area contributed by atoms with E-state index in [2.05, 4.69) is 43.0 Å². The summed E-state index contributed by atoms with van der Waals surface area (Å²) in [5.74, 6) is 3.59. The van der Waals surface area contributed by atoms with Crippen molar-refractivity contribution < 1.29 is 4.74 Å². The summed E-state index contributed by atoms with van der Waals surface area (Å²) in [6.07, 6.45) is 8.18. The number of aromatic nitrogens is 5. The molecule has 1 N–H and O–H groups in total. The number of hydrogen-bond acceptors (Lipinski definition) is 5. The van der Waals surface area contributed by atoms with Crippen LogP contribution in [0.25, 0.3) is 0 Å². The first-order valence-electron chi connectivity index (χ1n) is 9.54. The molecule has 0 unspecified atom stereocenters. The van der Waals surface area contributed by atoms with Crippen LogP contribution >= 0.6 is 0 Å². The molecule has 2 aromatic heterocycles. The van der Waals surface area contributed by atoms with Gasteiger partial charge in [-0.25, -0.2) is 0 Å². The number of hydrogen-bond donors (Lipinski definition) is 1. The normalized spacial score (nSPS) is 26.4. The Morgan fingerprint density at radius 3 is 2.88 bits per heavy atom. The third kappa shape index (κ3) is 3.11. The maximum absolute atomic E-state index is 6.06. The predicted octanol–water partition coefficient (Wildman–Crippen LogP) is 1.92. The standard InChI is InChI=1S/C18H26N6O/c1-23-16(21-22-18(23)13-4-5-13)10-19-14-7-9-25-17(14)15-6-8-20-24(15)11-12-2-3-12/h6,8,12-14,17,19H,2-5,7,9-11H2,1H3/t14-,17-/m0/s1. The summed E-state index contributed by atoms with van der Waals surface area (Å²) < 4.78 is 10.4. The summed E-state index contributed by atoms with van der Waals surface area (Å²) in [7, 11) is 2.08. The van der Waals surface area contributed by atoms with Crippen molar-refractivity contribution >= 4 is 0 Å². The van der Waals surface area contributed by atoms with Gasteiger partial charge in [0.1, 0.15) is 17.8 Å². The van der Waals surface area contributed by atoms with Crippen molar-refractivity contribution in [1.29, 1.82) is 0 Å². The molecule has 2 saturated carbocycles. The van der Waals surface area contributed by atoms with E-state index < -0.39 is 0 Å². The summed E-state index contributed by atoms with van der Waals surface area (Å²) in [6, 6.07) is 2.41. The first-order chi connectivity index (χ1) is 12.3.